The Kier molecular flexibility index (Phi) is 5.22. The van der Waals surface area contributed by atoms with Crippen molar-refractivity contribution in [2.45, 2.75) is 31.7 Å². The second-order valence-corrected chi connectivity index (χ2v) is 6.41. The summed E-state index contributed by atoms with van der Waals surface area (Å²) in [5.74, 6) is 0.351. The molecule has 7 nitrogen and oxygen atoms in total. The van der Waals surface area contributed by atoms with Crippen LogP contribution in [0.25, 0.3) is 11.1 Å². The molecule has 27 heavy (non-hydrogen) atoms. The smallest absolute Gasteiger partial charge is 0.320 e. The number of hydrogen-bond donors (Lipinski definition) is 0. The topological polar surface area (TPSA) is 75.8 Å². The van der Waals surface area contributed by atoms with E-state index in [1.54, 1.807) is 6.26 Å². The van der Waals surface area contributed by atoms with Gasteiger partial charge in [-0.1, -0.05) is 30.3 Å². The predicted molar refractivity (Wildman–Crippen MR) is 97.9 cm³/mol. The standard InChI is InChI=1S/C20H22N2O5/c1-23-19-18-17(21-20(22-19)24-2)15(12-26-18)16-9-8-14(27-16)11-25-10-13-6-4-3-5-7-13/h3-7,12,14,16H,8-11H2,1-2H3/t14-,16?/m0/s1. The van der Waals surface area contributed by atoms with E-state index in [4.69, 9.17) is 23.4 Å². The molecule has 1 unspecified atom stereocenters. The van der Waals surface area contributed by atoms with Crippen molar-refractivity contribution in [1.82, 2.24) is 9.97 Å². The highest BCUT2D eigenvalue weighted by Gasteiger charge is 2.30. The molecular weight excluding hydrogens is 348 g/mol. The van der Waals surface area contributed by atoms with Gasteiger partial charge in [0.25, 0.3) is 5.88 Å². The summed E-state index contributed by atoms with van der Waals surface area (Å²) in [6.45, 7) is 1.14. The lowest BCUT2D eigenvalue weighted by Gasteiger charge is -2.13. The fraction of sp³-hybridized carbons (Fsp3) is 0.400. The molecule has 0 saturated carbocycles. The van der Waals surface area contributed by atoms with Gasteiger partial charge in [0.2, 0.25) is 5.58 Å². The SMILES string of the molecule is COc1nc(OC)c2occ(C3CC[C@@H](COCc4ccccc4)O3)c2n1. The van der Waals surface area contributed by atoms with Crippen LogP contribution in [0.2, 0.25) is 0 Å². The third kappa shape index (κ3) is 3.74. The van der Waals surface area contributed by atoms with Crippen molar-refractivity contribution in [3.05, 3.63) is 47.7 Å². The summed E-state index contributed by atoms with van der Waals surface area (Å²) in [5.41, 5.74) is 3.20. The highest BCUT2D eigenvalue weighted by atomic mass is 16.5. The van der Waals surface area contributed by atoms with Gasteiger partial charge in [0.15, 0.2) is 0 Å². The monoisotopic (exact) mass is 370 g/mol. The number of benzene rings is 1. The molecule has 1 fully saturated rings. The first-order valence-electron chi connectivity index (χ1n) is 8.92. The zero-order valence-corrected chi connectivity index (χ0v) is 15.4. The van der Waals surface area contributed by atoms with Crippen LogP contribution < -0.4 is 9.47 Å². The van der Waals surface area contributed by atoms with Crippen LogP contribution in [0, 0.1) is 0 Å². The molecule has 0 radical (unpaired) electrons. The van der Waals surface area contributed by atoms with Gasteiger partial charge in [-0.15, -0.1) is 0 Å². The van der Waals surface area contributed by atoms with Crippen molar-refractivity contribution in [2.24, 2.45) is 0 Å². The number of aromatic nitrogens is 2. The van der Waals surface area contributed by atoms with Crippen molar-refractivity contribution < 1.29 is 23.4 Å². The van der Waals surface area contributed by atoms with Gasteiger partial charge in [-0.25, -0.2) is 0 Å². The third-order valence-electron chi connectivity index (χ3n) is 4.64. The van der Waals surface area contributed by atoms with E-state index < -0.39 is 0 Å². The first-order valence-corrected chi connectivity index (χ1v) is 8.92. The van der Waals surface area contributed by atoms with Crippen molar-refractivity contribution in [3.63, 3.8) is 0 Å². The molecule has 1 aliphatic rings. The van der Waals surface area contributed by atoms with E-state index >= 15 is 0 Å². The number of nitrogens with zero attached hydrogens (tertiary/aromatic N) is 2. The van der Waals surface area contributed by atoms with E-state index in [9.17, 15) is 0 Å². The summed E-state index contributed by atoms with van der Waals surface area (Å²) in [4.78, 5) is 8.57. The molecule has 142 valence electrons. The largest absolute Gasteiger partial charge is 0.478 e. The summed E-state index contributed by atoms with van der Waals surface area (Å²) in [7, 11) is 3.06. The summed E-state index contributed by atoms with van der Waals surface area (Å²) >= 11 is 0. The first-order chi connectivity index (χ1) is 13.3. The molecule has 2 atom stereocenters. The van der Waals surface area contributed by atoms with Gasteiger partial charge >= 0.3 is 6.01 Å². The average Bonchev–Trinajstić information content (AvgIpc) is 3.34. The van der Waals surface area contributed by atoms with E-state index in [1.807, 2.05) is 18.2 Å². The maximum atomic E-state index is 6.17. The Balaban J connectivity index is 1.42. The highest BCUT2D eigenvalue weighted by molar-refractivity contribution is 5.81. The van der Waals surface area contributed by atoms with E-state index in [0.29, 0.717) is 30.2 Å². The van der Waals surface area contributed by atoms with E-state index in [-0.39, 0.29) is 18.2 Å². The van der Waals surface area contributed by atoms with Gasteiger partial charge < -0.3 is 23.4 Å². The zero-order chi connectivity index (χ0) is 18.6. The van der Waals surface area contributed by atoms with Crippen LogP contribution in [0.1, 0.15) is 30.1 Å². The minimum Gasteiger partial charge on any atom is -0.478 e. The molecule has 4 rings (SSSR count). The minimum atomic E-state index is -0.0964. The van der Waals surface area contributed by atoms with Crippen molar-refractivity contribution in [1.29, 1.82) is 0 Å². The van der Waals surface area contributed by atoms with Gasteiger partial charge in [-0.2, -0.15) is 9.97 Å². The predicted octanol–water partition coefficient (Wildman–Crippen LogP) is 3.68. The Morgan fingerprint density at radius 3 is 2.70 bits per heavy atom. The number of ether oxygens (including phenoxy) is 4. The fourth-order valence-electron chi connectivity index (χ4n) is 3.29. The lowest BCUT2D eigenvalue weighted by atomic mass is 10.1. The molecule has 1 saturated heterocycles. The molecule has 3 heterocycles. The van der Waals surface area contributed by atoms with Crippen LogP contribution in [0.15, 0.2) is 41.0 Å². The molecule has 0 aliphatic carbocycles. The Hall–Kier alpha value is -2.64. The maximum Gasteiger partial charge on any atom is 0.320 e. The van der Waals surface area contributed by atoms with E-state index in [0.717, 1.165) is 24.0 Å². The maximum absolute atomic E-state index is 6.17. The van der Waals surface area contributed by atoms with Crippen LogP contribution in [0.4, 0.5) is 0 Å². The van der Waals surface area contributed by atoms with E-state index in [2.05, 4.69) is 22.1 Å². The quantitative estimate of drug-likeness (QED) is 0.628. The lowest BCUT2D eigenvalue weighted by molar-refractivity contribution is -0.0203. The Labute approximate surface area is 157 Å². The molecule has 7 heteroatoms. The molecule has 0 N–H and O–H groups in total. The molecule has 0 spiro atoms. The average molecular weight is 370 g/mol. The summed E-state index contributed by atoms with van der Waals surface area (Å²) < 4.78 is 28.1. The van der Waals surface area contributed by atoms with Gasteiger partial charge in [0.05, 0.1) is 45.9 Å². The van der Waals surface area contributed by atoms with Crippen LogP contribution in [0.5, 0.6) is 11.9 Å². The molecular formula is C20H22N2O5. The van der Waals surface area contributed by atoms with Crippen LogP contribution >= 0.6 is 0 Å². The summed E-state index contributed by atoms with van der Waals surface area (Å²) in [5, 5.41) is 0. The number of rotatable bonds is 7. The van der Waals surface area contributed by atoms with Gasteiger partial charge in [0, 0.05) is 5.56 Å². The Bertz CT molecular complexity index is 896. The molecule has 0 amide bonds. The second-order valence-electron chi connectivity index (χ2n) is 6.41. The molecule has 2 aromatic heterocycles. The van der Waals surface area contributed by atoms with Gasteiger partial charge in [-0.05, 0) is 18.4 Å². The fourth-order valence-corrected chi connectivity index (χ4v) is 3.29. The van der Waals surface area contributed by atoms with Crippen LogP contribution in [0.3, 0.4) is 0 Å². The summed E-state index contributed by atoms with van der Waals surface area (Å²) in [6.07, 6.45) is 3.42. The van der Waals surface area contributed by atoms with Crippen molar-refractivity contribution in [3.8, 4) is 11.9 Å². The van der Waals surface area contributed by atoms with Gasteiger partial charge in [0.1, 0.15) is 5.52 Å². The van der Waals surface area contributed by atoms with Crippen LogP contribution in [-0.4, -0.2) is 36.9 Å². The Morgan fingerprint density at radius 2 is 1.93 bits per heavy atom. The lowest BCUT2D eigenvalue weighted by Crippen LogP contribution is -2.14. The van der Waals surface area contributed by atoms with Crippen LogP contribution in [-0.2, 0) is 16.1 Å². The number of fused-ring (bicyclic) bond motifs is 1. The first kappa shape index (κ1) is 17.8. The Morgan fingerprint density at radius 1 is 1.07 bits per heavy atom. The highest BCUT2D eigenvalue weighted by Crippen LogP contribution is 2.39. The van der Waals surface area contributed by atoms with Crippen molar-refractivity contribution >= 4 is 11.1 Å². The van der Waals surface area contributed by atoms with Crippen molar-refractivity contribution in [2.75, 3.05) is 20.8 Å². The van der Waals surface area contributed by atoms with Gasteiger partial charge in [-0.3, -0.25) is 0 Å². The third-order valence-corrected chi connectivity index (χ3v) is 4.64. The minimum absolute atomic E-state index is 0.0503. The molecule has 1 aliphatic heterocycles. The second kappa shape index (κ2) is 7.94. The number of methoxy groups -OCH3 is 2. The summed E-state index contributed by atoms with van der Waals surface area (Å²) in [6, 6.07) is 10.4. The van der Waals surface area contributed by atoms with E-state index in [1.165, 1.54) is 14.2 Å². The number of furan rings is 1. The number of hydrogen-bond acceptors (Lipinski definition) is 7. The molecule has 0 bridgehead atoms. The zero-order valence-electron chi connectivity index (χ0n) is 15.4. The molecule has 3 aromatic rings. The molecule has 1 aromatic carbocycles. The normalized spacial score (nSPS) is 19.5.